The second-order valence-corrected chi connectivity index (χ2v) is 5.76. The number of aliphatic hydroxyl groups excluding tert-OH is 1. The number of nitrogens with zero attached hydrogens (tertiary/aromatic N) is 1. The van der Waals surface area contributed by atoms with E-state index in [2.05, 4.69) is 23.7 Å². The highest BCUT2D eigenvalue weighted by Gasteiger charge is 2.22. The van der Waals surface area contributed by atoms with Gasteiger partial charge in [0.05, 0.1) is 6.61 Å². The minimum atomic E-state index is -0.252. The van der Waals surface area contributed by atoms with Gasteiger partial charge in [-0.1, -0.05) is 31.3 Å². The van der Waals surface area contributed by atoms with Crippen LogP contribution in [-0.2, 0) is 6.54 Å². The average molecular weight is 289 g/mol. The Bertz CT molecular complexity index is 518. The third-order valence-electron chi connectivity index (χ3n) is 3.99. The molecule has 2 nitrogen and oxygen atoms in total. The molecule has 1 heterocycles. The molecular formula is C18H24FNO. The summed E-state index contributed by atoms with van der Waals surface area (Å²) in [5.41, 5.74) is 1.83. The van der Waals surface area contributed by atoms with Crippen LogP contribution in [0.4, 0.5) is 4.39 Å². The maximum atomic E-state index is 13.4. The lowest BCUT2D eigenvalue weighted by Gasteiger charge is -2.17. The molecule has 0 saturated carbocycles. The summed E-state index contributed by atoms with van der Waals surface area (Å²) in [6.07, 6.45) is 4.23. The summed E-state index contributed by atoms with van der Waals surface area (Å²) in [6.45, 7) is 5.36. The maximum absolute atomic E-state index is 13.4. The van der Waals surface area contributed by atoms with Gasteiger partial charge < -0.3 is 5.11 Å². The molecule has 1 atom stereocenters. The summed E-state index contributed by atoms with van der Waals surface area (Å²) < 4.78 is 13.4. The molecule has 114 valence electrons. The lowest BCUT2D eigenvalue weighted by Crippen LogP contribution is -2.20. The van der Waals surface area contributed by atoms with Crippen molar-refractivity contribution in [2.75, 3.05) is 19.7 Å². The predicted molar refractivity (Wildman–Crippen MR) is 83.3 cm³/mol. The minimum Gasteiger partial charge on any atom is -0.395 e. The van der Waals surface area contributed by atoms with Crippen LogP contribution in [0.15, 0.2) is 18.2 Å². The number of hydrogen-bond acceptors (Lipinski definition) is 2. The Morgan fingerprint density at radius 1 is 1.43 bits per heavy atom. The molecule has 1 aliphatic rings. The Hall–Kier alpha value is -1.37. The molecule has 0 aliphatic carbocycles. The predicted octanol–water partition coefficient (Wildman–Crippen LogP) is 3.18. The quantitative estimate of drug-likeness (QED) is 0.842. The van der Waals surface area contributed by atoms with Crippen molar-refractivity contribution >= 4 is 0 Å². The minimum absolute atomic E-state index is 0.0441. The van der Waals surface area contributed by atoms with E-state index >= 15 is 0 Å². The number of rotatable bonds is 5. The molecule has 2 rings (SSSR count). The lowest BCUT2D eigenvalue weighted by atomic mass is 10.0. The summed E-state index contributed by atoms with van der Waals surface area (Å²) in [7, 11) is 0. The van der Waals surface area contributed by atoms with Gasteiger partial charge in [-0.2, -0.15) is 0 Å². The fourth-order valence-corrected chi connectivity index (χ4v) is 2.96. The maximum Gasteiger partial charge on any atom is 0.124 e. The molecule has 1 unspecified atom stereocenters. The Kier molecular flexibility index (Phi) is 6.22. The zero-order valence-electron chi connectivity index (χ0n) is 12.7. The molecule has 0 aromatic heterocycles. The van der Waals surface area contributed by atoms with E-state index in [1.807, 2.05) is 6.07 Å². The second kappa shape index (κ2) is 8.17. The molecule has 1 fully saturated rings. The normalized spacial score (nSPS) is 18.5. The van der Waals surface area contributed by atoms with Crippen molar-refractivity contribution in [1.82, 2.24) is 4.90 Å². The van der Waals surface area contributed by atoms with Crippen LogP contribution < -0.4 is 0 Å². The third-order valence-corrected chi connectivity index (χ3v) is 3.99. The second-order valence-electron chi connectivity index (χ2n) is 5.76. The van der Waals surface area contributed by atoms with Crippen molar-refractivity contribution in [2.24, 2.45) is 5.92 Å². The number of aliphatic hydroxyl groups is 1. The van der Waals surface area contributed by atoms with Gasteiger partial charge in [0.15, 0.2) is 0 Å². The van der Waals surface area contributed by atoms with Gasteiger partial charge in [0.1, 0.15) is 5.82 Å². The van der Waals surface area contributed by atoms with Crippen molar-refractivity contribution in [3.63, 3.8) is 0 Å². The Morgan fingerprint density at radius 3 is 3.05 bits per heavy atom. The van der Waals surface area contributed by atoms with Crippen LogP contribution in [0.3, 0.4) is 0 Å². The van der Waals surface area contributed by atoms with E-state index in [0.29, 0.717) is 6.42 Å². The van der Waals surface area contributed by atoms with E-state index in [0.717, 1.165) is 36.7 Å². The van der Waals surface area contributed by atoms with Crippen molar-refractivity contribution in [3.05, 3.63) is 35.1 Å². The van der Waals surface area contributed by atoms with Gasteiger partial charge in [0.25, 0.3) is 0 Å². The first-order valence-electron chi connectivity index (χ1n) is 7.83. The number of likely N-dealkylation sites (tertiary alicyclic amines) is 1. The van der Waals surface area contributed by atoms with E-state index in [1.165, 1.54) is 31.4 Å². The van der Waals surface area contributed by atoms with Crippen LogP contribution in [0.1, 0.15) is 43.7 Å². The first-order valence-corrected chi connectivity index (χ1v) is 7.83. The van der Waals surface area contributed by atoms with Gasteiger partial charge in [-0.15, -0.1) is 0 Å². The van der Waals surface area contributed by atoms with E-state index in [-0.39, 0.29) is 12.4 Å². The highest BCUT2D eigenvalue weighted by atomic mass is 19.1. The highest BCUT2D eigenvalue weighted by molar-refractivity contribution is 5.41. The van der Waals surface area contributed by atoms with Gasteiger partial charge in [-0.3, -0.25) is 4.90 Å². The smallest absolute Gasteiger partial charge is 0.124 e. The Morgan fingerprint density at radius 2 is 2.29 bits per heavy atom. The Balaban J connectivity index is 2.04. The fraction of sp³-hybridized carbons (Fsp3) is 0.556. The summed E-state index contributed by atoms with van der Waals surface area (Å²) in [5.74, 6) is 6.43. The molecule has 3 heteroatoms. The van der Waals surface area contributed by atoms with Crippen LogP contribution in [0.5, 0.6) is 0 Å². The molecule has 0 amide bonds. The average Bonchev–Trinajstić information content (AvgIpc) is 2.90. The van der Waals surface area contributed by atoms with Crippen LogP contribution in [0.2, 0.25) is 0 Å². The van der Waals surface area contributed by atoms with Crippen molar-refractivity contribution in [2.45, 2.75) is 39.2 Å². The van der Waals surface area contributed by atoms with Gasteiger partial charge >= 0.3 is 0 Å². The molecule has 0 radical (unpaired) electrons. The number of hydrogen-bond donors (Lipinski definition) is 1. The van der Waals surface area contributed by atoms with E-state index in [9.17, 15) is 4.39 Å². The summed E-state index contributed by atoms with van der Waals surface area (Å²) in [5, 5.41) is 8.79. The van der Waals surface area contributed by atoms with Gasteiger partial charge in [-0.05, 0) is 43.0 Å². The van der Waals surface area contributed by atoms with Gasteiger partial charge in [-0.25, -0.2) is 4.39 Å². The molecular weight excluding hydrogens is 265 g/mol. The first kappa shape index (κ1) is 16.0. The monoisotopic (exact) mass is 289 g/mol. The first-order chi connectivity index (χ1) is 10.2. The largest absolute Gasteiger partial charge is 0.395 e. The lowest BCUT2D eigenvalue weighted by molar-refractivity contribution is 0.305. The van der Waals surface area contributed by atoms with Crippen LogP contribution in [-0.4, -0.2) is 29.7 Å². The molecule has 1 aromatic carbocycles. The summed E-state index contributed by atoms with van der Waals surface area (Å²) in [4.78, 5) is 2.44. The molecule has 21 heavy (non-hydrogen) atoms. The summed E-state index contributed by atoms with van der Waals surface area (Å²) >= 11 is 0. The standard InChI is InChI=1S/C18H24FNO/c1-2-5-15-9-10-20(13-15)14-17-7-8-18(19)12-16(17)6-3-4-11-21/h7-8,12,15,21H,2,4-5,9-11,13-14H2,1H3. The molecule has 1 N–H and O–H groups in total. The highest BCUT2D eigenvalue weighted by Crippen LogP contribution is 2.23. The topological polar surface area (TPSA) is 23.5 Å². The van der Waals surface area contributed by atoms with Gasteiger partial charge in [0.2, 0.25) is 0 Å². The van der Waals surface area contributed by atoms with Crippen molar-refractivity contribution in [3.8, 4) is 11.8 Å². The van der Waals surface area contributed by atoms with Crippen molar-refractivity contribution in [1.29, 1.82) is 0 Å². The Labute approximate surface area is 127 Å². The molecule has 1 aromatic rings. The van der Waals surface area contributed by atoms with Crippen molar-refractivity contribution < 1.29 is 9.50 Å². The molecule has 1 saturated heterocycles. The van der Waals surface area contributed by atoms with E-state index < -0.39 is 0 Å². The third kappa shape index (κ3) is 4.84. The zero-order valence-corrected chi connectivity index (χ0v) is 12.7. The summed E-state index contributed by atoms with van der Waals surface area (Å²) in [6, 6.07) is 4.84. The van der Waals surface area contributed by atoms with Crippen LogP contribution in [0.25, 0.3) is 0 Å². The zero-order chi connectivity index (χ0) is 15.1. The number of benzene rings is 1. The van der Waals surface area contributed by atoms with Gasteiger partial charge in [0, 0.05) is 25.1 Å². The van der Waals surface area contributed by atoms with E-state index in [4.69, 9.17) is 5.11 Å². The molecule has 0 bridgehead atoms. The fourth-order valence-electron chi connectivity index (χ4n) is 2.96. The van der Waals surface area contributed by atoms with Crippen LogP contribution in [0, 0.1) is 23.6 Å². The van der Waals surface area contributed by atoms with E-state index in [1.54, 1.807) is 0 Å². The molecule has 1 aliphatic heterocycles. The van der Waals surface area contributed by atoms with Crippen LogP contribution >= 0.6 is 0 Å². The number of halogens is 1. The SMILES string of the molecule is CCCC1CCN(Cc2ccc(F)cc2C#CCCO)C1. The molecule has 0 spiro atoms.